The van der Waals surface area contributed by atoms with Crippen LogP contribution in [0.25, 0.3) is 0 Å². The van der Waals surface area contributed by atoms with Gasteiger partial charge in [-0.2, -0.15) is 0 Å². The van der Waals surface area contributed by atoms with Crippen LogP contribution in [0.2, 0.25) is 0 Å². The number of hydrogen-bond acceptors (Lipinski definition) is 5. The van der Waals surface area contributed by atoms with Crippen molar-refractivity contribution < 1.29 is 19.1 Å². The molecular formula is C12H23NO4. The van der Waals surface area contributed by atoms with E-state index in [0.717, 1.165) is 0 Å². The maximum absolute atomic E-state index is 11.4. The first-order chi connectivity index (χ1) is 7.61. The van der Waals surface area contributed by atoms with E-state index in [1.807, 2.05) is 0 Å². The van der Waals surface area contributed by atoms with Gasteiger partial charge in [0.1, 0.15) is 11.6 Å². The minimum absolute atomic E-state index is 0.117. The highest BCUT2D eigenvalue weighted by Crippen LogP contribution is 2.10. The molecule has 0 rings (SSSR count). The van der Waals surface area contributed by atoms with Crippen LogP contribution in [-0.2, 0) is 19.1 Å². The Kier molecular flexibility index (Phi) is 6.16. The third kappa shape index (κ3) is 8.68. The van der Waals surface area contributed by atoms with E-state index < -0.39 is 17.6 Å². The Morgan fingerprint density at radius 3 is 2.18 bits per heavy atom. The quantitative estimate of drug-likeness (QED) is 0.740. The lowest BCUT2D eigenvalue weighted by Gasteiger charge is -2.20. The molecule has 0 spiro atoms. The van der Waals surface area contributed by atoms with Gasteiger partial charge in [0.2, 0.25) is 0 Å². The lowest BCUT2D eigenvalue weighted by atomic mass is 10.1. The first-order valence-corrected chi connectivity index (χ1v) is 5.79. The van der Waals surface area contributed by atoms with Crippen LogP contribution in [0.1, 0.15) is 47.5 Å². The van der Waals surface area contributed by atoms with Gasteiger partial charge >= 0.3 is 11.9 Å². The van der Waals surface area contributed by atoms with Gasteiger partial charge in [-0.15, -0.1) is 0 Å². The molecule has 0 saturated heterocycles. The van der Waals surface area contributed by atoms with E-state index in [2.05, 4.69) is 0 Å². The SMILES string of the molecule is CC(C)OC(=O)C(N)CCC(=O)OC(C)(C)C. The van der Waals surface area contributed by atoms with Crippen LogP contribution in [0.15, 0.2) is 0 Å². The molecule has 0 fully saturated rings. The van der Waals surface area contributed by atoms with Gasteiger partial charge in [-0.3, -0.25) is 9.59 Å². The van der Waals surface area contributed by atoms with Gasteiger partial charge in [0.15, 0.2) is 0 Å². The topological polar surface area (TPSA) is 78.6 Å². The molecule has 0 saturated carbocycles. The van der Waals surface area contributed by atoms with Gasteiger partial charge in [-0.05, 0) is 41.0 Å². The summed E-state index contributed by atoms with van der Waals surface area (Å²) in [6.07, 6.45) is 0.154. The van der Waals surface area contributed by atoms with Gasteiger partial charge in [0.25, 0.3) is 0 Å². The number of esters is 2. The highest BCUT2D eigenvalue weighted by Gasteiger charge is 2.20. The van der Waals surface area contributed by atoms with E-state index in [1.54, 1.807) is 34.6 Å². The zero-order chi connectivity index (χ0) is 13.6. The normalized spacial score (nSPS) is 13.4. The highest BCUT2D eigenvalue weighted by molar-refractivity contribution is 5.77. The molecule has 0 aliphatic heterocycles. The van der Waals surface area contributed by atoms with Crippen molar-refractivity contribution in [2.75, 3.05) is 0 Å². The summed E-state index contributed by atoms with van der Waals surface area (Å²) in [7, 11) is 0. The monoisotopic (exact) mass is 245 g/mol. The van der Waals surface area contributed by atoms with Crippen LogP contribution in [0.5, 0.6) is 0 Å². The van der Waals surface area contributed by atoms with Crippen molar-refractivity contribution in [2.45, 2.75) is 65.2 Å². The maximum atomic E-state index is 11.4. The molecule has 5 heteroatoms. The van der Waals surface area contributed by atoms with Crippen molar-refractivity contribution in [3.63, 3.8) is 0 Å². The zero-order valence-corrected chi connectivity index (χ0v) is 11.3. The third-order valence-electron chi connectivity index (χ3n) is 1.73. The molecular weight excluding hydrogens is 222 g/mol. The Bertz CT molecular complexity index is 268. The van der Waals surface area contributed by atoms with Crippen molar-refractivity contribution >= 4 is 11.9 Å². The summed E-state index contributed by atoms with van der Waals surface area (Å²) >= 11 is 0. The number of rotatable bonds is 5. The number of carbonyl (C=O) groups excluding carboxylic acids is 2. The molecule has 0 aromatic heterocycles. The molecule has 0 aromatic rings. The zero-order valence-electron chi connectivity index (χ0n) is 11.3. The minimum atomic E-state index is -0.773. The van der Waals surface area contributed by atoms with Crippen LogP contribution in [0.4, 0.5) is 0 Å². The van der Waals surface area contributed by atoms with E-state index in [0.29, 0.717) is 0 Å². The number of ether oxygens (including phenoxy) is 2. The molecule has 17 heavy (non-hydrogen) atoms. The molecule has 0 heterocycles. The molecule has 0 radical (unpaired) electrons. The van der Waals surface area contributed by atoms with Crippen molar-refractivity contribution in [3.8, 4) is 0 Å². The number of carbonyl (C=O) groups is 2. The van der Waals surface area contributed by atoms with Crippen molar-refractivity contribution in [2.24, 2.45) is 5.73 Å². The fourth-order valence-corrected chi connectivity index (χ4v) is 1.10. The van der Waals surface area contributed by atoms with E-state index in [-0.39, 0.29) is 24.9 Å². The van der Waals surface area contributed by atoms with Crippen LogP contribution in [-0.4, -0.2) is 29.7 Å². The number of hydrogen-bond donors (Lipinski definition) is 1. The van der Waals surface area contributed by atoms with Crippen molar-refractivity contribution in [1.82, 2.24) is 0 Å². The van der Waals surface area contributed by atoms with Crippen molar-refractivity contribution in [3.05, 3.63) is 0 Å². The Morgan fingerprint density at radius 1 is 1.24 bits per heavy atom. The van der Waals surface area contributed by atoms with Crippen molar-refractivity contribution in [1.29, 1.82) is 0 Å². The average Bonchev–Trinajstić information content (AvgIpc) is 2.10. The van der Waals surface area contributed by atoms with Crippen LogP contribution < -0.4 is 5.73 Å². The van der Waals surface area contributed by atoms with E-state index in [1.165, 1.54) is 0 Å². The fourth-order valence-electron chi connectivity index (χ4n) is 1.10. The third-order valence-corrected chi connectivity index (χ3v) is 1.73. The molecule has 2 N–H and O–H groups in total. The predicted molar refractivity (Wildman–Crippen MR) is 64.3 cm³/mol. The Labute approximate surface area is 103 Å². The molecule has 0 amide bonds. The molecule has 100 valence electrons. The van der Waals surface area contributed by atoms with E-state index >= 15 is 0 Å². The fraction of sp³-hybridized carbons (Fsp3) is 0.833. The largest absolute Gasteiger partial charge is 0.462 e. The lowest BCUT2D eigenvalue weighted by Crippen LogP contribution is -2.35. The maximum Gasteiger partial charge on any atom is 0.323 e. The van der Waals surface area contributed by atoms with Gasteiger partial charge in [-0.25, -0.2) is 0 Å². The van der Waals surface area contributed by atoms with Crippen LogP contribution >= 0.6 is 0 Å². The van der Waals surface area contributed by atoms with Gasteiger partial charge in [0, 0.05) is 6.42 Å². The van der Waals surface area contributed by atoms with Crippen LogP contribution in [0, 0.1) is 0 Å². The van der Waals surface area contributed by atoms with Gasteiger partial charge in [0.05, 0.1) is 6.10 Å². The second-order valence-corrected chi connectivity index (χ2v) is 5.22. The highest BCUT2D eigenvalue weighted by atomic mass is 16.6. The molecule has 1 atom stereocenters. The van der Waals surface area contributed by atoms with Crippen LogP contribution in [0.3, 0.4) is 0 Å². The lowest BCUT2D eigenvalue weighted by molar-refractivity contribution is -0.155. The van der Waals surface area contributed by atoms with E-state index in [4.69, 9.17) is 15.2 Å². The Balaban J connectivity index is 3.95. The number of nitrogens with two attached hydrogens (primary N) is 1. The summed E-state index contributed by atoms with van der Waals surface area (Å²) < 4.78 is 10.0. The molecule has 0 aliphatic rings. The second-order valence-electron chi connectivity index (χ2n) is 5.22. The first kappa shape index (κ1) is 15.9. The average molecular weight is 245 g/mol. The van der Waals surface area contributed by atoms with Gasteiger partial charge < -0.3 is 15.2 Å². The predicted octanol–water partition coefficient (Wildman–Crippen LogP) is 1.39. The Morgan fingerprint density at radius 2 is 1.76 bits per heavy atom. The molecule has 1 unspecified atom stereocenters. The summed E-state index contributed by atoms with van der Waals surface area (Å²) in [6, 6.07) is -0.773. The summed E-state index contributed by atoms with van der Waals surface area (Å²) in [5.41, 5.74) is 5.08. The molecule has 0 bridgehead atoms. The standard InChI is InChI=1S/C12H23NO4/c1-8(2)16-11(15)9(13)6-7-10(14)17-12(3,4)5/h8-9H,6-7,13H2,1-5H3. The first-order valence-electron chi connectivity index (χ1n) is 5.79. The second kappa shape index (κ2) is 6.59. The van der Waals surface area contributed by atoms with Gasteiger partial charge in [-0.1, -0.05) is 0 Å². The minimum Gasteiger partial charge on any atom is -0.462 e. The summed E-state index contributed by atoms with van der Waals surface area (Å²) in [4.78, 5) is 22.7. The molecule has 5 nitrogen and oxygen atoms in total. The molecule has 0 aromatic carbocycles. The summed E-state index contributed by atoms with van der Waals surface area (Å²) in [6.45, 7) is 8.87. The smallest absolute Gasteiger partial charge is 0.323 e. The van der Waals surface area contributed by atoms with E-state index in [9.17, 15) is 9.59 Å². The Hall–Kier alpha value is -1.10. The summed E-state index contributed by atoms with van der Waals surface area (Å²) in [5.74, 6) is -0.839. The summed E-state index contributed by atoms with van der Waals surface area (Å²) in [5, 5.41) is 0. The molecule has 0 aliphatic carbocycles.